The lowest BCUT2D eigenvalue weighted by Gasteiger charge is -2.40. The molecule has 1 heterocycles. The molecular formula is C17H25NO2. The van der Waals surface area contributed by atoms with Gasteiger partial charge in [-0.3, -0.25) is 9.69 Å². The average Bonchev–Trinajstić information content (AvgIpc) is 2.40. The van der Waals surface area contributed by atoms with E-state index in [-0.39, 0.29) is 6.42 Å². The zero-order chi connectivity index (χ0) is 14.5. The molecule has 3 nitrogen and oxygen atoms in total. The average molecular weight is 275 g/mol. The Balaban J connectivity index is 2.07. The molecule has 0 unspecified atom stereocenters. The second kappa shape index (κ2) is 6.89. The van der Waals surface area contributed by atoms with Gasteiger partial charge in [-0.15, -0.1) is 0 Å². The summed E-state index contributed by atoms with van der Waals surface area (Å²) < 4.78 is 0. The minimum atomic E-state index is -0.693. The Morgan fingerprint density at radius 1 is 1.35 bits per heavy atom. The molecule has 2 rings (SSSR count). The van der Waals surface area contributed by atoms with E-state index in [9.17, 15) is 4.79 Å². The second-order valence-electron chi connectivity index (χ2n) is 6.01. The summed E-state index contributed by atoms with van der Waals surface area (Å²) in [4.78, 5) is 13.1. The highest BCUT2D eigenvalue weighted by molar-refractivity contribution is 5.66. The topological polar surface area (TPSA) is 40.5 Å². The minimum Gasteiger partial charge on any atom is -0.481 e. The molecule has 0 aromatic heterocycles. The molecule has 1 saturated heterocycles. The van der Waals surface area contributed by atoms with Gasteiger partial charge in [0.25, 0.3) is 0 Å². The van der Waals surface area contributed by atoms with E-state index in [4.69, 9.17) is 5.11 Å². The largest absolute Gasteiger partial charge is 0.481 e. The molecule has 3 heteroatoms. The van der Waals surface area contributed by atoms with Crippen LogP contribution in [0.1, 0.15) is 49.8 Å². The monoisotopic (exact) mass is 275 g/mol. The zero-order valence-electron chi connectivity index (χ0n) is 12.5. The number of piperidine rings is 1. The number of aryl methyl sites for hydroxylation is 1. The molecule has 0 aliphatic carbocycles. The van der Waals surface area contributed by atoms with Crippen molar-refractivity contribution in [2.45, 2.75) is 45.6 Å². The van der Waals surface area contributed by atoms with Crippen LogP contribution in [0, 0.1) is 12.8 Å². The van der Waals surface area contributed by atoms with Crippen molar-refractivity contribution < 1.29 is 9.90 Å². The van der Waals surface area contributed by atoms with E-state index >= 15 is 0 Å². The van der Waals surface area contributed by atoms with Crippen molar-refractivity contribution in [2.75, 3.05) is 13.1 Å². The molecule has 0 saturated carbocycles. The normalized spacial score (nSPS) is 23.7. The first-order chi connectivity index (χ1) is 9.58. The van der Waals surface area contributed by atoms with Crippen molar-refractivity contribution in [3.8, 4) is 0 Å². The van der Waals surface area contributed by atoms with Crippen LogP contribution in [0.2, 0.25) is 0 Å². The molecular weight excluding hydrogens is 250 g/mol. The molecule has 1 aliphatic heterocycles. The number of aliphatic carboxylic acids is 1. The Labute approximate surface area is 121 Å². The van der Waals surface area contributed by atoms with Crippen LogP contribution in [0.25, 0.3) is 0 Å². The summed E-state index contributed by atoms with van der Waals surface area (Å²) in [6, 6.07) is 9.24. The van der Waals surface area contributed by atoms with Crippen LogP contribution >= 0.6 is 0 Å². The maximum Gasteiger partial charge on any atom is 0.303 e. The van der Waals surface area contributed by atoms with Crippen molar-refractivity contribution >= 4 is 5.97 Å². The minimum absolute atomic E-state index is 0.269. The molecule has 2 atom stereocenters. The molecule has 20 heavy (non-hydrogen) atoms. The van der Waals surface area contributed by atoms with Crippen LogP contribution in [0.4, 0.5) is 0 Å². The third-order valence-electron chi connectivity index (χ3n) is 4.29. The number of carbonyl (C=O) groups is 1. The van der Waals surface area contributed by atoms with Gasteiger partial charge in [-0.05, 0) is 50.8 Å². The number of nitrogens with zero attached hydrogens (tertiary/aromatic N) is 1. The third-order valence-corrected chi connectivity index (χ3v) is 4.29. The van der Waals surface area contributed by atoms with Gasteiger partial charge in [0, 0.05) is 12.5 Å². The van der Waals surface area contributed by atoms with Crippen LogP contribution in [0.15, 0.2) is 24.3 Å². The highest BCUT2D eigenvalue weighted by Gasteiger charge is 2.29. The van der Waals surface area contributed by atoms with Crippen LogP contribution in [0.5, 0.6) is 0 Å². The highest BCUT2D eigenvalue weighted by atomic mass is 16.4. The second-order valence-corrected chi connectivity index (χ2v) is 6.01. The molecule has 1 aromatic carbocycles. The van der Waals surface area contributed by atoms with Crippen molar-refractivity contribution in [3.05, 3.63) is 35.4 Å². The van der Waals surface area contributed by atoms with E-state index in [1.54, 1.807) is 0 Å². The fourth-order valence-corrected chi connectivity index (χ4v) is 3.26. The molecule has 0 spiro atoms. The van der Waals surface area contributed by atoms with Gasteiger partial charge >= 0.3 is 5.97 Å². The molecule has 0 bridgehead atoms. The standard InChI is InChI=1S/C17H25NO2/c1-13-7-9-15(10-8-13)17-14(2)5-3-11-18(17)12-4-6-16(19)20/h7-10,14,17H,3-6,11-12H2,1-2H3,(H,19,20)/t14-,17-/m0/s1. The van der Waals surface area contributed by atoms with E-state index in [1.807, 2.05) is 0 Å². The van der Waals surface area contributed by atoms with Gasteiger partial charge < -0.3 is 5.11 Å². The van der Waals surface area contributed by atoms with Crippen LogP contribution in [0.3, 0.4) is 0 Å². The number of hydrogen-bond acceptors (Lipinski definition) is 2. The molecule has 0 radical (unpaired) electrons. The summed E-state index contributed by atoms with van der Waals surface area (Å²) in [5.41, 5.74) is 2.66. The first-order valence-electron chi connectivity index (χ1n) is 7.60. The smallest absolute Gasteiger partial charge is 0.303 e. The van der Waals surface area contributed by atoms with Gasteiger partial charge in [-0.2, -0.15) is 0 Å². The molecule has 110 valence electrons. The van der Waals surface area contributed by atoms with Gasteiger partial charge in [-0.25, -0.2) is 0 Å². The first-order valence-corrected chi connectivity index (χ1v) is 7.60. The number of rotatable bonds is 5. The summed E-state index contributed by atoms with van der Waals surface area (Å²) >= 11 is 0. The van der Waals surface area contributed by atoms with E-state index in [0.717, 1.165) is 19.5 Å². The SMILES string of the molecule is Cc1ccc([C@@H]2[C@@H](C)CCCN2CCCC(=O)O)cc1. The predicted molar refractivity (Wildman–Crippen MR) is 80.8 cm³/mol. The van der Waals surface area contributed by atoms with Crippen LogP contribution in [-0.2, 0) is 4.79 Å². The number of carboxylic acid groups (broad SMARTS) is 1. The van der Waals surface area contributed by atoms with Gasteiger partial charge in [0.2, 0.25) is 0 Å². The van der Waals surface area contributed by atoms with E-state index in [2.05, 4.69) is 43.0 Å². The van der Waals surface area contributed by atoms with Crippen LogP contribution < -0.4 is 0 Å². The fourth-order valence-electron chi connectivity index (χ4n) is 3.26. The van der Waals surface area contributed by atoms with Crippen molar-refractivity contribution in [1.82, 2.24) is 4.90 Å². The molecule has 1 aliphatic rings. The lowest BCUT2D eigenvalue weighted by atomic mass is 9.85. The Bertz CT molecular complexity index is 441. The summed E-state index contributed by atoms with van der Waals surface area (Å²) in [6.45, 7) is 6.39. The lowest BCUT2D eigenvalue weighted by molar-refractivity contribution is -0.137. The molecule has 1 fully saturated rings. The summed E-state index contributed by atoms with van der Waals surface area (Å²) in [6.07, 6.45) is 3.49. The predicted octanol–water partition coefficient (Wildman–Crippen LogP) is 3.63. The number of likely N-dealkylation sites (tertiary alicyclic amines) is 1. The lowest BCUT2D eigenvalue weighted by Crippen LogP contribution is -2.38. The van der Waals surface area contributed by atoms with Gasteiger partial charge in [0.1, 0.15) is 0 Å². The zero-order valence-corrected chi connectivity index (χ0v) is 12.5. The van der Waals surface area contributed by atoms with Crippen LogP contribution in [-0.4, -0.2) is 29.1 Å². The third kappa shape index (κ3) is 3.83. The number of hydrogen-bond donors (Lipinski definition) is 1. The highest BCUT2D eigenvalue weighted by Crippen LogP contribution is 2.35. The Kier molecular flexibility index (Phi) is 5.18. The summed E-state index contributed by atoms with van der Waals surface area (Å²) in [7, 11) is 0. The van der Waals surface area contributed by atoms with Gasteiger partial charge in [-0.1, -0.05) is 36.8 Å². The van der Waals surface area contributed by atoms with Gasteiger partial charge in [0.05, 0.1) is 0 Å². The number of benzene rings is 1. The first kappa shape index (κ1) is 15.0. The van der Waals surface area contributed by atoms with E-state index < -0.39 is 5.97 Å². The maximum atomic E-state index is 10.7. The Morgan fingerprint density at radius 2 is 2.05 bits per heavy atom. The van der Waals surface area contributed by atoms with E-state index in [0.29, 0.717) is 12.0 Å². The molecule has 1 N–H and O–H groups in total. The number of carboxylic acids is 1. The molecule has 1 aromatic rings. The summed E-state index contributed by atoms with van der Waals surface area (Å²) in [5.74, 6) is -0.0572. The van der Waals surface area contributed by atoms with Crippen molar-refractivity contribution in [1.29, 1.82) is 0 Å². The fraction of sp³-hybridized carbons (Fsp3) is 0.588. The van der Waals surface area contributed by atoms with Gasteiger partial charge in [0.15, 0.2) is 0 Å². The maximum absolute atomic E-state index is 10.7. The summed E-state index contributed by atoms with van der Waals surface area (Å²) in [5, 5.41) is 8.79. The van der Waals surface area contributed by atoms with E-state index in [1.165, 1.54) is 24.0 Å². The Hall–Kier alpha value is -1.35. The Morgan fingerprint density at radius 3 is 2.70 bits per heavy atom. The van der Waals surface area contributed by atoms with Crippen molar-refractivity contribution in [3.63, 3.8) is 0 Å². The quantitative estimate of drug-likeness (QED) is 0.892. The van der Waals surface area contributed by atoms with Crippen molar-refractivity contribution in [2.24, 2.45) is 5.92 Å². The molecule has 0 amide bonds.